The van der Waals surface area contributed by atoms with Crippen molar-refractivity contribution in [2.45, 2.75) is 0 Å². The molecule has 0 aliphatic carbocycles. The summed E-state index contributed by atoms with van der Waals surface area (Å²) in [7, 11) is 0. The Morgan fingerprint density at radius 3 is 2.12 bits per heavy atom. The molecule has 2 aromatic heterocycles. The van der Waals surface area contributed by atoms with Crippen molar-refractivity contribution in [3.05, 3.63) is 107 Å². The summed E-state index contributed by atoms with van der Waals surface area (Å²) in [5.41, 5.74) is 3.65. The van der Waals surface area contributed by atoms with Crippen LogP contribution in [0.2, 0.25) is 0 Å². The summed E-state index contributed by atoms with van der Waals surface area (Å²) in [6.07, 6.45) is 0. The van der Waals surface area contributed by atoms with E-state index in [4.69, 9.17) is 0 Å². The second-order valence-corrected chi connectivity index (χ2v) is 7.11. The normalized spacial score (nSPS) is 10.7. The van der Waals surface area contributed by atoms with E-state index in [1.54, 1.807) is 28.8 Å². The lowest BCUT2D eigenvalue weighted by Gasteiger charge is -2.11. The van der Waals surface area contributed by atoms with Crippen LogP contribution >= 0.6 is 0 Å². The zero-order valence-corrected chi connectivity index (χ0v) is 16.7. The molecule has 0 saturated carbocycles. The highest BCUT2D eigenvalue weighted by molar-refractivity contribution is 5.86. The zero-order chi connectivity index (χ0) is 22.1. The molecule has 0 spiro atoms. The second-order valence-electron chi connectivity index (χ2n) is 7.11. The predicted octanol–water partition coefficient (Wildman–Crippen LogP) is 5.51. The van der Waals surface area contributed by atoms with Gasteiger partial charge >= 0.3 is 0 Å². The third-order valence-electron chi connectivity index (χ3n) is 5.21. The number of hydrogen-bond donors (Lipinski definition) is 0. The van der Waals surface area contributed by atoms with Crippen LogP contribution < -0.4 is 0 Å². The van der Waals surface area contributed by atoms with Gasteiger partial charge in [0.15, 0.2) is 11.5 Å². The highest BCUT2D eigenvalue weighted by Gasteiger charge is 2.23. The predicted molar refractivity (Wildman–Crippen MR) is 121 cm³/mol. The maximum atomic E-state index is 11.7. The molecule has 0 atom stereocenters. The van der Waals surface area contributed by atoms with Crippen LogP contribution in [0.5, 0.6) is 0 Å². The van der Waals surface area contributed by atoms with E-state index in [0.717, 1.165) is 11.1 Å². The molecule has 2 heterocycles. The monoisotopic (exact) mass is 417 g/mol. The minimum absolute atomic E-state index is 0.0739. The van der Waals surface area contributed by atoms with Crippen LogP contribution in [0.15, 0.2) is 91.0 Å². The van der Waals surface area contributed by atoms with E-state index in [-0.39, 0.29) is 11.3 Å². The first-order valence-corrected chi connectivity index (χ1v) is 9.86. The van der Waals surface area contributed by atoms with Crippen molar-refractivity contribution < 1.29 is 4.92 Å². The Morgan fingerprint density at radius 1 is 0.844 bits per heavy atom. The molecule has 0 radical (unpaired) electrons. The average Bonchev–Trinajstić information content (AvgIpc) is 3.29. The molecule has 0 aliphatic rings. The number of fused-ring (bicyclic) bond motifs is 1. The maximum Gasteiger partial charge on any atom is 0.277 e. The summed E-state index contributed by atoms with van der Waals surface area (Å²) in [5, 5.41) is 26.4. The van der Waals surface area contributed by atoms with Crippen LogP contribution in [-0.2, 0) is 0 Å². The number of nitriles is 1. The molecule has 152 valence electrons. The van der Waals surface area contributed by atoms with Crippen molar-refractivity contribution in [3.63, 3.8) is 0 Å². The molecule has 0 amide bonds. The maximum absolute atomic E-state index is 11.7. The minimum Gasteiger partial charge on any atom is -0.258 e. The number of nitro benzene ring substituents is 1. The van der Waals surface area contributed by atoms with Gasteiger partial charge in [0.2, 0.25) is 0 Å². The Labute approximate surface area is 183 Å². The number of para-hydroxylation sites is 1. The molecule has 0 aliphatic heterocycles. The summed E-state index contributed by atoms with van der Waals surface area (Å²) in [4.78, 5) is 15.9. The van der Waals surface area contributed by atoms with Gasteiger partial charge in [0.25, 0.3) is 5.69 Å². The Bertz CT molecular complexity index is 1500. The number of rotatable bonds is 4. The number of aromatic nitrogens is 3. The lowest BCUT2D eigenvalue weighted by atomic mass is 9.97. The third-order valence-corrected chi connectivity index (χ3v) is 5.21. The number of benzene rings is 3. The van der Waals surface area contributed by atoms with E-state index in [2.05, 4.69) is 16.2 Å². The number of nitro groups is 1. The van der Waals surface area contributed by atoms with Crippen LogP contribution in [0.25, 0.3) is 39.4 Å². The molecule has 32 heavy (non-hydrogen) atoms. The fraction of sp³-hybridized carbons (Fsp3) is 0. The largest absolute Gasteiger partial charge is 0.277 e. The SMILES string of the molecule is N#Cc1c(-c2ccccc2[N+](=O)[O-])cc(-c2ccccc2)n2nc(-c3ccccc3)nc12. The van der Waals surface area contributed by atoms with E-state index < -0.39 is 4.92 Å². The fourth-order valence-electron chi connectivity index (χ4n) is 3.74. The summed E-state index contributed by atoms with van der Waals surface area (Å²) in [6, 6.07) is 29.4. The number of hydrogen-bond acceptors (Lipinski definition) is 5. The van der Waals surface area contributed by atoms with Crippen LogP contribution in [0.4, 0.5) is 5.69 Å². The molecule has 3 aromatic carbocycles. The highest BCUT2D eigenvalue weighted by Crippen LogP contribution is 2.37. The Kier molecular flexibility index (Phi) is 4.66. The van der Waals surface area contributed by atoms with Gasteiger partial charge < -0.3 is 0 Å². The van der Waals surface area contributed by atoms with Gasteiger partial charge in [-0.05, 0) is 12.1 Å². The van der Waals surface area contributed by atoms with Crippen LogP contribution in [0, 0.1) is 21.4 Å². The van der Waals surface area contributed by atoms with Gasteiger partial charge in [-0.3, -0.25) is 10.1 Å². The summed E-state index contributed by atoms with van der Waals surface area (Å²) in [6.45, 7) is 0. The molecule has 7 nitrogen and oxygen atoms in total. The molecule has 0 saturated heterocycles. The molecule has 7 heteroatoms. The van der Waals surface area contributed by atoms with Crippen molar-refractivity contribution in [3.8, 4) is 39.8 Å². The van der Waals surface area contributed by atoms with E-state index in [1.165, 1.54) is 6.07 Å². The molecule has 0 unspecified atom stereocenters. The van der Waals surface area contributed by atoms with Gasteiger partial charge in [-0.2, -0.15) is 5.26 Å². The van der Waals surface area contributed by atoms with Crippen molar-refractivity contribution >= 4 is 11.3 Å². The quantitative estimate of drug-likeness (QED) is 0.284. The first-order valence-electron chi connectivity index (χ1n) is 9.86. The van der Waals surface area contributed by atoms with Crippen molar-refractivity contribution in [2.24, 2.45) is 0 Å². The fourth-order valence-corrected chi connectivity index (χ4v) is 3.74. The Balaban J connectivity index is 1.89. The van der Waals surface area contributed by atoms with E-state index in [1.807, 2.05) is 60.7 Å². The smallest absolute Gasteiger partial charge is 0.258 e. The van der Waals surface area contributed by atoms with Gasteiger partial charge in [-0.25, -0.2) is 9.50 Å². The Morgan fingerprint density at radius 2 is 1.47 bits per heavy atom. The average molecular weight is 417 g/mol. The van der Waals surface area contributed by atoms with Crippen LogP contribution in [0.3, 0.4) is 0 Å². The standard InChI is InChI=1S/C25H15N5O2/c26-16-21-20(19-13-7-8-14-22(19)30(31)32)15-23(17-9-3-1-4-10-17)29-25(21)27-24(28-29)18-11-5-2-6-12-18/h1-15H. The van der Waals surface area contributed by atoms with Crippen LogP contribution in [0.1, 0.15) is 5.56 Å². The van der Waals surface area contributed by atoms with Gasteiger partial charge in [0, 0.05) is 22.8 Å². The molecule has 5 aromatic rings. The Hall–Kier alpha value is -4.83. The third kappa shape index (κ3) is 3.16. The van der Waals surface area contributed by atoms with Crippen molar-refractivity contribution in [2.75, 3.05) is 0 Å². The highest BCUT2D eigenvalue weighted by atomic mass is 16.6. The van der Waals surface area contributed by atoms with Gasteiger partial charge in [-0.15, -0.1) is 5.10 Å². The molecular formula is C25H15N5O2. The first kappa shape index (κ1) is 19.2. The zero-order valence-electron chi connectivity index (χ0n) is 16.7. The summed E-state index contributed by atoms with van der Waals surface area (Å²) < 4.78 is 1.63. The van der Waals surface area contributed by atoms with Gasteiger partial charge in [0.05, 0.1) is 16.2 Å². The molecule has 0 N–H and O–H groups in total. The topological polar surface area (TPSA) is 97.1 Å². The minimum atomic E-state index is -0.442. The summed E-state index contributed by atoms with van der Waals surface area (Å²) >= 11 is 0. The van der Waals surface area contributed by atoms with Crippen LogP contribution in [-0.4, -0.2) is 19.5 Å². The molecule has 0 fully saturated rings. The van der Waals surface area contributed by atoms with Gasteiger partial charge in [0.1, 0.15) is 11.6 Å². The van der Waals surface area contributed by atoms with E-state index in [9.17, 15) is 15.4 Å². The van der Waals surface area contributed by atoms with E-state index in [0.29, 0.717) is 28.3 Å². The number of pyridine rings is 1. The molecular weight excluding hydrogens is 402 g/mol. The first-order chi connectivity index (χ1) is 15.7. The molecule has 0 bridgehead atoms. The van der Waals surface area contributed by atoms with Crippen molar-refractivity contribution in [1.29, 1.82) is 5.26 Å². The second kappa shape index (κ2) is 7.78. The lowest BCUT2D eigenvalue weighted by molar-refractivity contribution is -0.384. The lowest BCUT2D eigenvalue weighted by Crippen LogP contribution is -2.01. The molecule has 5 rings (SSSR count). The van der Waals surface area contributed by atoms with E-state index >= 15 is 0 Å². The van der Waals surface area contributed by atoms with Crippen molar-refractivity contribution in [1.82, 2.24) is 14.6 Å². The summed E-state index contributed by atoms with van der Waals surface area (Å²) in [5.74, 6) is 0.471. The van der Waals surface area contributed by atoms with Gasteiger partial charge in [-0.1, -0.05) is 72.8 Å². The number of nitrogens with zero attached hydrogens (tertiary/aromatic N) is 5.